The van der Waals surface area contributed by atoms with E-state index in [1.54, 1.807) is 0 Å². The predicted molar refractivity (Wildman–Crippen MR) is 100 cm³/mol. The second-order valence-corrected chi connectivity index (χ2v) is 7.69. The molecule has 0 spiro atoms. The number of hydrogen-bond acceptors (Lipinski definition) is 3. The number of hydrogen-bond donors (Lipinski definition) is 2. The van der Waals surface area contributed by atoms with E-state index >= 15 is 0 Å². The Labute approximate surface area is 149 Å². The molecule has 2 aliphatic heterocycles. The predicted octanol–water partition coefficient (Wildman–Crippen LogP) is 3.59. The van der Waals surface area contributed by atoms with Crippen LogP contribution in [-0.2, 0) is 4.79 Å². The average Bonchev–Trinajstić information content (AvgIpc) is 3.31. The minimum Gasteiger partial charge on any atom is -0.394 e. The molecule has 1 aromatic carbocycles. The van der Waals surface area contributed by atoms with Gasteiger partial charge in [0.05, 0.1) is 18.7 Å². The number of nitrogens with zero attached hydrogens (tertiary/aromatic N) is 1. The van der Waals surface area contributed by atoms with Crippen molar-refractivity contribution in [2.24, 2.45) is 11.8 Å². The van der Waals surface area contributed by atoms with Crippen molar-refractivity contribution in [3.05, 3.63) is 35.4 Å². The van der Waals surface area contributed by atoms with Crippen LogP contribution in [0.2, 0.25) is 0 Å². The van der Waals surface area contributed by atoms with E-state index in [-0.39, 0.29) is 24.6 Å². The Hall–Kier alpha value is -1.81. The molecule has 4 heteroatoms. The number of carbonyl (C=O) groups is 1. The van der Waals surface area contributed by atoms with Gasteiger partial charge in [-0.25, -0.2) is 0 Å². The maximum Gasteiger partial charge on any atom is 0.226 e. The summed E-state index contributed by atoms with van der Waals surface area (Å²) >= 11 is 0. The first-order valence-electron chi connectivity index (χ1n) is 9.67. The Morgan fingerprint density at radius 3 is 2.84 bits per heavy atom. The van der Waals surface area contributed by atoms with Crippen molar-refractivity contribution in [1.29, 1.82) is 0 Å². The van der Waals surface area contributed by atoms with Crippen LogP contribution in [0.25, 0.3) is 6.08 Å². The second-order valence-electron chi connectivity index (χ2n) is 7.69. The smallest absolute Gasteiger partial charge is 0.226 e. The zero-order valence-corrected chi connectivity index (χ0v) is 14.9. The van der Waals surface area contributed by atoms with Gasteiger partial charge in [-0.2, -0.15) is 0 Å². The molecular weight excluding hydrogens is 312 g/mol. The number of nitrogens with one attached hydrogen (secondary N) is 1. The zero-order chi connectivity index (χ0) is 17.4. The van der Waals surface area contributed by atoms with E-state index < -0.39 is 0 Å². The molecule has 3 aliphatic rings. The van der Waals surface area contributed by atoms with Gasteiger partial charge in [-0.1, -0.05) is 31.1 Å². The summed E-state index contributed by atoms with van der Waals surface area (Å²) in [4.78, 5) is 15.3. The number of allylic oxidation sites excluding steroid dienone is 1. The summed E-state index contributed by atoms with van der Waals surface area (Å²) in [7, 11) is 0. The fourth-order valence-corrected chi connectivity index (χ4v) is 5.03. The second kappa shape index (κ2) is 6.83. The molecule has 4 nitrogen and oxygen atoms in total. The first-order chi connectivity index (χ1) is 12.2. The number of fused-ring (bicyclic) bond motifs is 3. The summed E-state index contributed by atoms with van der Waals surface area (Å²) in [5.41, 5.74) is 3.46. The van der Waals surface area contributed by atoms with Gasteiger partial charge in [0.2, 0.25) is 5.91 Å². The third-order valence-corrected chi connectivity index (χ3v) is 6.24. The van der Waals surface area contributed by atoms with Gasteiger partial charge in [-0.05, 0) is 49.4 Å². The van der Waals surface area contributed by atoms with Crippen molar-refractivity contribution in [1.82, 2.24) is 4.90 Å². The van der Waals surface area contributed by atoms with Gasteiger partial charge in [0.1, 0.15) is 0 Å². The summed E-state index contributed by atoms with van der Waals surface area (Å²) in [6, 6.07) is 6.55. The highest BCUT2D eigenvalue weighted by Crippen LogP contribution is 2.47. The molecule has 2 fully saturated rings. The lowest BCUT2D eigenvalue weighted by Crippen LogP contribution is -2.44. The monoisotopic (exact) mass is 340 g/mol. The van der Waals surface area contributed by atoms with Gasteiger partial charge in [-0.3, -0.25) is 4.79 Å². The van der Waals surface area contributed by atoms with Crippen LogP contribution < -0.4 is 5.32 Å². The van der Waals surface area contributed by atoms with Gasteiger partial charge in [0, 0.05) is 24.1 Å². The molecule has 4 rings (SSSR count). The molecule has 2 heterocycles. The highest BCUT2D eigenvalue weighted by atomic mass is 16.3. The van der Waals surface area contributed by atoms with E-state index in [0.29, 0.717) is 11.8 Å². The molecule has 25 heavy (non-hydrogen) atoms. The van der Waals surface area contributed by atoms with Gasteiger partial charge in [0.15, 0.2) is 0 Å². The first-order valence-corrected chi connectivity index (χ1v) is 9.67. The summed E-state index contributed by atoms with van der Waals surface area (Å²) in [5, 5.41) is 13.4. The fourth-order valence-electron chi connectivity index (χ4n) is 5.03. The van der Waals surface area contributed by atoms with E-state index in [2.05, 4.69) is 34.5 Å². The number of carbonyl (C=O) groups excluding carboxylic acids is 1. The van der Waals surface area contributed by atoms with Crippen LogP contribution >= 0.6 is 0 Å². The lowest BCUT2D eigenvalue weighted by Gasteiger charge is -2.40. The van der Waals surface area contributed by atoms with Gasteiger partial charge < -0.3 is 15.3 Å². The Morgan fingerprint density at radius 1 is 1.32 bits per heavy atom. The number of aliphatic hydroxyl groups excluding tert-OH is 1. The molecule has 0 aromatic heterocycles. The van der Waals surface area contributed by atoms with Crippen molar-refractivity contribution in [3.8, 4) is 0 Å². The Bertz CT molecular complexity index is 678. The molecule has 1 amide bonds. The average molecular weight is 340 g/mol. The quantitative estimate of drug-likeness (QED) is 0.884. The van der Waals surface area contributed by atoms with Crippen LogP contribution in [0.15, 0.2) is 24.3 Å². The number of likely N-dealkylation sites (tertiary alicyclic amines) is 1. The molecule has 0 bridgehead atoms. The Kier molecular flexibility index (Phi) is 4.55. The molecule has 0 unspecified atom stereocenters. The van der Waals surface area contributed by atoms with Crippen LogP contribution in [0.5, 0.6) is 0 Å². The fraction of sp³-hybridized carbons (Fsp3) is 0.571. The number of rotatable bonds is 3. The standard InChI is InChI=1S/C21H28N2O2/c1-2-5-14-8-9-18-17(12-14)20-16(19(13-24)22-18)10-11-23(20)21(25)15-6-3-4-7-15/h2,5,8-9,12,15-16,19-20,22,24H,3-4,6-7,10-11,13H2,1H3/b5-2+/t16-,19-,20-/m0/s1. The van der Waals surface area contributed by atoms with E-state index in [4.69, 9.17) is 0 Å². The number of anilines is 1. The maximum absolute atomic E-state index is 13.1. The highest BCUT2D eigenvalue weighted by molar-refractivity contribution is 5.81. The molecule has 1 aromatic rings. The lowest BCUT2D eigenvalue weighted by atomic mass is 9.82. The lowest BCUT2D eigenvalue weighted by molar-refractivity contribution is -0.136. The normalized spacial score (nSPS) is 28.9. The van der Waals surface area contributed by atoms with Crippen LogP contribution in [0, 0.1) is 11.8 Å². The van der Waals surface area contributed by atoms with E-state index in [1.807, 2.05) is 13.0 Å². The number of benzene rings is 1. The molecule has 134 valence electrons. The molecular formula is C21H28N2O2. The van der Waals surface area contributed by atoms with Crippen LogP contribution in [0.3, 0.4) is 0 Å². The van der Waals surface area contributed by atoms with Crippen LogP contribution in [-0.4, -0.2) is 35.1 Å². The first kappa shape index (κ1) is 16.6. The summed E-state index contributed by atoms with van der Waals surface area (Å²) in [6.45, 7) is 2.95. The third kappa shape index (κ3) is 2.86. The van der Waals surface area contributed by atoms with E-state index in [9.17, 15) is 9.90 Å². The molecule has 1 saturated heterocycles. The summed E-state index contributed by atoms with van der Waals surface area (Å²) < 4.78 is 0. The van der Waals surface area contributed by atoms with E-state index in [1.165, 1.54) is 24.0 Å². The SMILES string of the molecule is C/C=C/c1ccc2c(c1)[C@@H]1[C@@H](CCN1C(=O)C1CCCC1)[C@H](CO)N2. The minimum absolute atomic E-state index is 0.0337. The van der Waals surface area contributed by atoms with Crippen molar-refractivity contribution in [2.75, 3.05) is 18.5 Å². The third-order valence-electron chi connectivity index (χ3n) is 6.24. The summed E-state index contributed by atoms with van der Waals surface area (Å²) in [5.74, 6) is 0.845. The van der Waals surface area contributed by atoms with Crippen LogP contribution in [0.4, 0.5) is 5.69 Å². The Balaban J connectivity index is 1.71. The zero-order valence-electron chi connectivity index (χ0n) is 14.9. The van der Waals surface area contributed by atoms with Gasteiger partial charge in [0.25, 0.3) is 0 Å². The topological polar surface area (TPSA) is 52.6 Å². The van der Waals surface area contributed by atoms with Crippen molar-refractivity contribution >= 4 is 17.7 Å². The Morgan fingerprint density at radius 2 is 2.12 bits per heavy atom. The molecule has 1 aliphatic carbocycles. The van der Waals surface area contributed by atoms with Gasteiger partial charge in [-0.15, -0.1) is 0 Å². The van der Waals surface area contributed by atoms with Crippen molar-refractivity contribution < 1.29 is 9.90 Å². The van der Waals surface area contributed by atoms with Crippen molar-refractivity contribution in [2.45, 2.75) is 51.1 Å². The number of amides is 1. The molecule has 3 atom stereocenters. The molecule has 0 radical (unpaired) electrons. The largest absolute Gasteiger partial charge is 0.394 e. The van der Waals surface area contributed by atoms with Crippen LogP contribution in [0.1, 0.15) is 56.2 Å². The van der Waals surface area contributed by atoms with E-state index in [0.717, 1.165) is 31.5 Å². The summed E-state index contributed by atoms with van der Waals surface area (Å²) in [6.07, 6.45) is 9.56. The van der Waals surface area contributed by atoms with Gasteiger partial charge >= 0.3 is 0 Å². The number of aliphatic hydroxyl groups is 1. The minimum atomic E-state index is 0.0337. The molecule has 2 N–H and O–H groups in total. The maximum atomic E-state index is 13.1. The highest BCUT2D eigenvalue weighted by Gasteiger charge is 2.46. The van der Waals surface area contributed by atoms with Crippen molar-refractivity contribution in [3.63, 3.8) is 0 Å². The molecule has 1 saturated carbocycles.